The van der Waals surface area contributed by atoms with Crippen molar-refractivity contribution in [3.8, 4) is 5.75 Å². The van der Waals surface area contributed by atoms with Crippen LogP contribution in [0, 0.1) is 12.3 Å². The predicted molar refractivity (Wildman–Crippen MR) is 91.3 cm³/mol. The summed E-state index contributed by atoms with van der Waals surface area (Å²) in [6, 6.07) is 12.0. The van der Waals surface area contributed by atoms with Crippen molar-refractivity contribution in [1.82, 2.24) is 4.57 Å². The normalized spacial score (nSPS) is 11.7. The summed E-state index contributed by atoms with van der Waals surface area (Å²) in [5, 5.41) is 9.01. The van der Waals surface area contributed by atoms with Gasteiger partial charge in [0.25, 0.3) is 0 Å². The molecule has 0 amide bonds. The molecule has 3 aromatic rings. The van der Waals surface area contributed by atoms with Crippen LogP contribution >= 0.6 is 0 Å². The lowest BCUT2D eigenvalue weighted by Crippen LogP contribution is -2.17. The molecule has 0 atom stereocenters. The average molecular weight is 346 g/mol. The Morgan fingerprint density at radius 2 is 1.88 bits per heavy atom. The maximum absolute atomic E-state index is 12.5. The molecule has 0 radical (unpaired) electrons. The molecule has 0 saturated heterocycles. The molecule has 130 valence electrons. The molecule has 0 saturated carbocycles. The third-order valence-corrected chi connectivity index (χ3v) is 4.15. The number of alkyl halides is 3. The summed E-state index contributed by atoms with van der Waals surface area (Å²) in [6.07, 6.45) is -2.56. The molecule has 0 unspecified atom stereocenters. The van der Waals surface area contributed by atoms with Gasteiger partial charge < -0.3 is 14.7 Å². The van der Waals surface area contributed by atoms with Gasteiger partial charge in [0, 0.05) is 41.8 Å². The number of nitrogens with one attached hydrogen (secondary N) is 1. The number of ether oxygens (including phenoxy) is 1. The standard InChI is InChI=1S/C19H17F3N2O/c1-12-5-3-4-6-13(12)9-17(23)16-11-24(2)18-8-7-14(10-15(16)18)25-19(20,21)22/h3-8,10-11,23H,9H2,1-2H3. The van der Waals surface area contributed by atoms with Gasteiger partial charge in [0.15, 0.2) is 0 Å². The minimum absolute atomic E-state index is 0.281. The van der Waals surface area contributed by atoms with Gasteiger partial charge in [-0.2, -0.15) is 0 Å². The van der Waals surface area contributed by atoms with Gasteiger partial charge in [-0.3, -0.25) is 0 Å². The minimum atomic E-state index is -4.74. The summed E-state index contributed by atoms with van der Waals surface area (Å²) < 4.78 is 43.2. The number of nitrogens with zero attached hydrogens (tertiary/aromatic N) is 1. The van der Waals surface area contributed by atoms with Crippen molar-refractivity contribution in [2.45, 2.75) is 19.7 Å². The maximum Gasteiger partial charge on any atom is 0.573 e. The fourth-order valence-corrected chi connectivity index (χ4v) is 2.90. The lowest BCUT2D eigenvalue weighted by atomic mass is 9.98. The fraction of sp³-hybridized carbons (Fsp3) is 0.211. The Labute approximate surface area is 143 Å². The second-order valence-corrected chi connectivity index (χ2v) is 5.96. The lowest BCUT2D eigenvalue weighted by molar-refractivity contribution is -0.274. The monoisotopic (exact) mass is 346 g/mol. The zero-order valence-electron chi connectivity index (χ0n) is 13.8. The van der Waals surface area contributed by atoms with Gasteiger partial charge in [0.2, 0.25) is 0 Å². The topological polar surface area (TPSA) is 38.0 Å². The molecule has 3 rings (SSSR count). The van der Waals surface area contributed by atoms with E-state index in [-0.39, 0.29) is 5.75 Å². The lowest BCUT2D eigenvalue weighted by Gasteiger charge is -2.10. The highest BCUT2D eigenvalue weighted by Gasteiger charge is 2.31. The van der Waals surface area contributed by atoms with Crippen LogP contribution in [0.15, 0.2) is 48.7 Å². The average Bonchev–Trinajstić information content (AvgIpc) is 2.84. The first-order chi connectivity index (χ1) is 11.7. The van der Waals surface area contributed by atoms with Crippen LogP contribution < -0.4 is 4.74 Å². The quantitative estimate of drug-likeness (QED) is 0.664. The third-order valence-electron chi connectivity index (χ3n) is 4.15. The molecule has 6 heteroatoms. The second-order valence-electron chi connectivity index (χ2n) is 5.96. The van der Waals surface area contributed by atoms with Crippen molar-refractivity contribution in [1.29, 1.82) is 5.41 Å². The van der Waals surface area contributed by atoms with Crippen LogP contribution in [0.25, 0.3) is 10.9 Å². The third kappa shape index (κ3) is 3.68. The first kappa shape index (κ1) is 17.1. The smallest absolute Gasteiger partial charge is 0.406 e. The van der Waals surface area contributed by atoms with Crippen molar-refractivity contribution < 1.29 is 17.9 Å². The highest BCUT2D eigenvalue weighted by atomic mass is 19.4. The van der Waals surface area contributed by atoms with E-state index in [1.54, 1.807) is 23.9 Å². The molecule has 1 heterocycles. The van der Waals surface area contributed by atoms with Crippen LogP contribution in [0.4, 0.5) is 13.2 Å². The molecular weight excluding hydrogens is 329 g/mol. The summed E-state index contributed by atoms with van der Waals surface area (Å²) in [4.78, 5) is 0. The Hall–Kier alpha value is -2.76. The first-order valence-electron chi connectivity index (χ1n) is 7.72. The van der Waals surface area contributed by atoms with E-state index in [1.807, 2.05) is 31.2 Å². The summed E-state index contributed by atoms with van der Waals surface area (Å²) >= 11 is 0. The summed E-state index contributed by atoms with van der Waals surface area (Å²) in [7, 11) is 1.80. The Balaban J connectivity index is 1.99. The van der Waals surface area contributed by atoms with Gasteiger partial charge in [0.1, 0.15) is 5.75 Å². The molecule has 1 aromatic heterocycles. The van der Waals surface area contributed by atoms with Gasteiger partial charge in [-0.1, -0.05) is 24.3 Å². The van der Waals surface area contributed by atoms with Crippen LogP contribution in [0.1, 0.15) is 16.7 Å². The Kier molecular flexibility index (Phi) is 4.29. The summed E-state index contributed by atoms with van der Waals surface area (Å²) in [6.45, 7) is 1.97. The number of benzene rings is 2. The van der Waals surface area contributed by atoms with Crippen LogP contribution in [0.3, 0.4) is 0 Å². The van der Waals surface area contributed by atoms with E-state index in [9.17, 15) is 13.2 Å². The van der Waals surface area contributed by atoms with Crippen molar-refractivity contribution in [3.63, 3.8) is 0 Å². The van der Waals surface area contributed by atoms with E-state index in [4.69, 9.17) is 5.41 Å². The molecule has 0 spiro atoms. The van der Waals surface area contributed by atoms with E-state index >= 15 is 0 Å². The number of hydrogen-bond donors (Lipinski definition) is 1. The molecule has 2 aromatic carbocycles. The van der Waals surface area contributed by atoms with E-state index in [1.165, 1.54) is 12.1 Å². The van der Waals surface area contributed by atoms with Crippen molar-refractivity contribution in [2.75, 3.05) is 0 Å². The number of aryl methyl sites for hydroxylation is 2. The number of hydrogen-bond acceptors (Lipinski definition) is 2. The summed E-state index contributed by atoms with van der Waals surface area (Å²) in [5.74, 6) is -0.281. The maximum atomic E-state index is 12.5. The first-order valence-corrected chi connectivity index (χ1v) is 7.72. The van der Waals surface area contributed by atoms with Crippen LogP contribution in [0.5, 0.6) is 5.75 Å². The van der Waals surface area contributed by atoms with E-state index in [2.05, 4.69) is 4.74 Å². The van der Waals surface area contributed by atoms with E-state index < -0.39 is 6.36 Å². The zero-order chi connectivity index (χ0) is 18.2. The van der Waals surface area contributed by atoms with Crippen LogP contribution in [-0.4, -0.2) is 16.6 Å². The molecule has 0 aliphatic heterocycles. The Morgan fingerprint density at radius 1 is 1.16 bits per heavy atom. The van der Waals surface area contributed by atoms with Gasteiger partial charge >= 0.3 is 6.36 Å². The fourth-order valence-electron chi connectivity index (χ4n) is 2.90. The van der Waals surface area contributed by atoms with Gasteiger partial charge in [0.05, 0.1) is 0 Å². The predicted octanol–water partition coefficient (Wildman–Crippen LogP) is 5.00. The summed E-state index contributed by atoms with van der Waals surface area (Å²) in [5.41, 5.74) is 3.80. The van der Waals surface area contributed by atoms with Gasteiger partial charge in [-0.15, -0.1) is 13.2 Å². The van der Waals surface area contributed by atoms with Crippen LogP contribution in [-0.2, 0) is 13.5 Å². The Bertz CT molecular complexity index is 941. The number of halogens is 3. The van der Waals surface area contributed by atoms with Crippen molar-refractivity contribution >= 4 is 16.6 Å². The highest BCUT2D eigenvalue weighted by molar-refractivity contribution is 6.10. The zero-order valence-corrected chi connectivity index (χ0v) is 13.8. The molecule has 25 heavy (non-hydrogen) atoms. The second kappa shape index (κ2) is 6.27. The molecule has 0 bridgehead atoms. The number of aromatic nitrogens is 1. The van der Waals surface area contributed by atoms with Gasteiger partial charge in [-0.05, 0) is 36.2 Å². The molecule has 0 aliphatic rings. The SMILES string of the molecule is Cc1ccccc1CC(=N)c1cn(C)c2ccc(OC(F)(F)F)cc12. The van der Waals surface area contributed by atoms with E-state index in [0.717, 1.165) is 16.6 Å². The molecule has 0 aliphatic carbocycles. The van der Waals surface area contributed by atoms with Crippen molar-refractivity contribution in [3.05, 3.63) is 65.4 Å². The largest absolute Gasteiger partial charge is 0.573 e. The molecule has 0 fully saturated rings. The Morgan fingerprint density at radius 3 is 2.56 bits per heavy atom. The highest BCUT2D eigenvalue weighted by Crippen LogP contribution is 2.30. The van der Waals surface area contributed by atoms with Gasteiger partial charge in [-0.25, -0.2) is 0 Å². The van der Waals surface area contributed by atoms with Crippen molar-refractivity contribution in [2.24, 2.45) is 7.05 Å². The molecule has 1 N–H and O–H groups in total. The van der Waals surface area contributed by atoms with Crippen LogP contribution in [0.2, 0.25) is 0 Å². The van der Waals surface area contributed by atoms with E-state index in [0.29, 0.717) is 23.1 Å². The number of rotatable bonds is 4. The molecular formula is C19H17F3N2O. The molecule has 3 nitrogen and oxygen atoms in total. The minimum Gasteiger partial charge on any atom is -0.406 e. The number of fused-ring (bicyclic) bond motifs is 1.